The summed E-state index contributed by atoms with van der Waals surface area (Å²) < 4.78 is 11.8. The molecule has 0 N–H and O–H groups in total. The van der Waals surface area contributed by atoms with Gasteiger partial charge in [0.05, 0.1) is 12.7 Å². The summed E-state index contributed by atoms with van der Waals surface area (Å²) in [4.78, 5) is 0. The molecule has 0 unspecified atom stereocenters. The Bertz CT molecular complexity index is 206. The maximum Gasteiger partial charge on any atom is 0.169 e. The van der Waals surface area contributed by atoms with Crippen molar-refractivity contribution < 1.29 is 9.47 Å². The fourth-order valence-corrected chi connectivity index (χ4v) is 2.61. The number of hydrogen-bond donors (Lipinski definition) is 0. The van der Waals surface area contributed by atoms with Gasteiger partial charge in [0.1, 0.15) is 0 Å². The van der Waals surface area contributed by atoms with E-state index in [9.17, 15) is 0 Å². The van der Waals surface area contributed by atoms with Gasteiger partial charge in [0.15, 0.2) is 5.79 Å². The Labute approximate surface area is 86.3 Å². The third-order valence-electron chi connectivity index (χ3n) is 3.24. The molecule has 0 saturated carbocycles. The molecule has 2 aliphatic rings. The van der Waals surface area contributed by atoms with Crippen molar-refractivity contribution in [3.8, 4) is 0 Å². The molecule has 0 aromatic rings. The Kier molecular flexibility index (Phi) is 2.93. The first-order valence-corrected chi connectivity index (χ1v) is 5.68. The van der Waals surface area contributed by atoms with Gasteiger partial charge in [-0.15, -0.1) is 6.58 Å². The molecule has 2 nitrogen and oxygen atoms in total. The molecular weight excluding hydrogens is 176 g/mol. The van der Waals surface area contributed by atoms with Crippen molar-refractivity contribution in [1.29, 1.82) is 0 Å². The summed E-state index contributed by atoms with van der Waals surface area (Å²) in [6.07, 6.45) is 7.72. The molecule has 2 heteroatoms. The van der Waals surface area contributed by atoms with Crippen molar-refractivity contribution >= 4 is 0 Å². The van der Waals surface area contributed by atoms with Crippen molar-refractivity contribution in [1.82, 2.24) is 0 Å². The molecule has 1 spiro atoms. The van der Waals surface area contributed by atoms with Crippen LogP contribution in [0.2, 0.25) is 0 Å². The molecule has 80 valence electrons. The fourth-order valence-electron chi connectivity index (χ4n) is 2.61. The van der Waals surface area contributed by atoms with E-state index in [1.807, 2.05) is 6.08 Å². The van der Waals surface area contributed by atoms with Gasteiger partial charge in [0.2, 0.25) is 0 Å². The van der Waals surface area contributed by atoms with Crippen LogP contribution in [0, 0.1) is 5.92 Å². The highest BCUT2D eigenvalue weighted by Crippen LogP contribution is 2.39. The van der Waals surface area contributed by atoms with Gasteiger partial charge in [-0.2, -0.15) is 0 Å². The minimum Gasteiger partial charge on any atom is -0.350 e. The lowest BCUT2D eigenvalue weighted by Gasteiger charge is -2.45. The molecule has 3 atom stereocenters. The predicted octanol–water partition coefficient (Wildman–Crippen LogP) is 2.88. The Morgan fingerprint density at radius 3 is 2.93 bits per heavy atom. The van der Waals surface area contributed by atoms with Crippen LogP contribution in [0.4, 0.5) is 0 Å². The van der Waals surface area contributed by atoms with E-state index >= 15 is 0 Å². The third kappa shape index (κ3) is 2.01. The standard InChI is InChI=1S/C12H20O2/c1-3-11-8-10(2)9-12(14-11)6-4-5-7-13-12/h3,10-11H,1,4-9H2,2H3/t10-,11+,12-/m0/s1. The van der Waals surface area contributed by atoms with Crippen LogP contribution in [0.15, 0.2) is 12.7 Å². The zero-order valence-electron chi connectivity index (χ0n) is 9.00. The van der Waals surface area contributed by atoms with E-state index in [0.717, 1.165) is 25.9 Å². The maximum absolute atomic E-state index is 5.99. The highest BCUT2D eigenvalue weighted by molar-refractivity contribution is 4.91. The molecule has 0 aromatic carbocycles. The minimum absolute atomic E-state index is 0.192. The highest BCUT2D eigenvalue weighted by Gasteiger charge is 2.41. The van der Waals surface area contributed by atoms with Crippen molar-refractivity contribution in [2.75, 3.05) is 6.61 Å². The molecule has 2 heterocycles. The van der Waals surface area contributed by atoms with Crippen LogP contribution in [0.3, 0.4) is 0 Å². The van der Waals surface area contributed by atoms with Crippen LogP contribution >= 0.6 is 0 Å². The quantitative estimate of drug-likeness (QED) is 0.600. The molecule has 0 bridgehead atoms. The second-order valence-electron chi connectivity index (χ2n) is 4.65. The van der Waals surface area contributed by atoms with E-state index in [1.165, 1.54) is 12.8 Å². The second kappa shape index (κ2) is 4.03. The Balaban J connectivity index is 2.05. The van der Waals surface area contributed by atoms with E-state index < -0.39 is 0 Å². The summed E-state index contributed by atoms with van der Waals surface area (Å²) in [7, 11) is 0. The van der Waals surface area contributed by atoms with E-state index in [2.05, 4.69) is 13.5 Å². The molecule has 2 aliphatic heterocycles. The van der Waals surface area contributed by atoms with Gasteiger partial charge in [-0.1, -0.05) is 13.0 Å². The van der Waals surface area contributed by atoms with Crippen LogP contribution in [-0.2, 0) is 9.47 Å². The largest absolute Gasteiger partial charge is 0.350 e. The number of hydrogen-bond acceptors (Lipinski definition) is 2. The average molecular weight is 196 g/mol. The summed E-state index contributed by atoms with van der Waals surface area (Å²) in [6, 6.07) is 0. The molecule has 2 saturated heterocycles. The van der Waals surface area contributed by atoms with Gasteiger partial charge in [-0.25, -0.2) is 0 Å². The molecule has 14 heavy (non-hydrogen) atoms. The first kappa shape index (κ1) is 10.2. The summed E-state index contributed by atoms with van der Waals surface area (Å²) in [5, 5.41) is 0. The summed E-state index contributed by atoms with van der Waals surface area (Å²) >= 11 is 0. The van der Waals surface area contributed by atoms with Crippen molar-refractivity contribution in [2.45, 2.75) is 50.9 Å². The molecular formula is C12H20O2. The smallest absolute Gasteiger partial charge is 0.169 e. The van der Waals surface area contributed by atoms with Crippen LogP contribution < -0.4 is 0 Å². The Hall–Kier alpha value is -0.340. The van der Waals surface area contributed by atoms with E-state index in [0.29, 0.717) is 5.92 Å². The van der Waals surface area contributed by atoms with Crippen molar-refractivity contribution in [2.24, 2.45) is 5.92 Å². The first-order chi connectivity index (χ1) is 6.74. The summed E-state index contributed by atoms with van der Waals surface area (Å²) in [6.45, 7) is 6.95. The molecule has 0 radical (unpaired) electrons. The van der Waals surface area contributed by atoms with Crippen LogP contribution in [-0.4, -0.2) is 18.5 Å². The lowest BCUT2D eigenvalue weighted by molar-refractivity contribution is -0.294. The third-order valence-corrected chi connectivity index (χ3v) is 3.24. The van der Waals surface area contributed by atoms with Crippen molar-refractivity contribution in [3.05, 3.63) is 12.7 Å². The minimum atomic E-state index is -0.269. The summed E-state index contributed by atoms with van der Waals surface area (Å²) in [5.41, 5.74) is 0. The van der Waals surface area contributed by atoms with E-state index in [-0.39, 0.29) is 11.9 Å². The average Bonchev–Trinajstić information content (AvgIpc) is 2.17. The molecule has 0 amide bonds. The normalized spacial score (nSPS) is 43.8. The fraction of sp³-hybridized carbons (Fsp3) is 0.833. The number of ether oxygens (including phenoxy) is 2. The lowest BCUT2D eigenvalue weighted by Crippen LogP contribution is -2.47. The molecule has 2 fully saturated rings. The Morgan fingerprint density at radius 2 is 2.29 bits per heavy atom. The molecule has 0 aromatic heterocycles. The first-order valence-electron chi connectivity index (χ1n) is 5.68. The van der Waals surface area contributed by atoms with E-state index in [4.69, 9.17) is 9.47 Å². The van der Waals surface area contributed by atoms with Crippen LogP contribution in [0.5, 0.6) is 0 Å². The van der Waals surface area contributed by atoms with Crippen LogP contribution in [0.25, 0.3) is 0 Å². The topological polar surface area (TPSA) is 18.5 Å². The highest BCUT2D eigenvalue weighted by atomic mass is 16.7. The SMILES string of the molecule is C=C[C@@H]1C[C@H](C)C[C@]2(CCCCO2)O1. The molecule has 0 aliphatic carbocycles. The van der Waals surface area contributed by atoms with Crippen molar-refractivity contribution in [3.63, 3.8) is 0 Å². The van der Waals surface area contributed by atoms with Gasteiger partial charge in [-0.05, 0) is 25.2 Å². The number of rotatable bonds is 1. The second-order valence-corrected chi connectivity index (χ2v) is 4.65. The lowest BCUT2D eigenvalue weighted by atomic mass is 9.87. The molecule has 2 rings (SSSR count). The van der Waals surface area contributed by atoms with Gasteiger partial charge in [-0.3, -0.25) is 0 Å². The van der Waals surface area contributed by atoms with E-state index in [1.54, 1.807) is 0 Å². The van der Waals surface area contributed by atoms with Gasteiger partial charge < -0.3 is 9.47 Å². The summed E-state index contributed by atoms with van der Waals surface area (Å²) in [5.74, 6) is 0.416. The Morgan fingerprint density at radius 1 is 1.43 bits per heavy atom. The van der Waals surface area contributed by atoms with Crippen LogP contribution in [0.1, 0.15) is 39.0 Å². The predicted molar refractivity (Wildman–Crippen MR) is 56.0 cm³/mol. The zero-order valence-corrected chi connectivity index (χ0v) is 9.00. The van der Waals surface area contributed by atoms with Gasteiger partial charge in [0, 0.05) is 12.8 Å². The zero-order chi connectivity index (χ0) is 10.0. The van der Waals surface area contributed by atoms with Gasteiger partial charge >= 0.3 is 0 Å². The van der Waals surface area contributed by atoms with Gasteiger partial charge in [0.25, 0.3) is 0 Å². The maximum atomic E-state index is 5.99. The monoisotopic (exact) mass is 196 g/mol.